The van der Waals surface area contributed by atoms with E-state index >= 15 is 0 Å². The molecule has 3 rings (SSSR count). The zero-order valence-corrected chi connectivity index (χ0v) is 13.3. The molecule has 0 aromatic heterocycles. The van der Waals surface area contributed by atoms with E-state index in [-0.39, 0.29) is 17.4 Å². The van der Waals surface area contributed by atoms with Gasteiger partial charge in [-0.2, -0.15) is 0 Å². The normalized spacial score (nSPS) is 16.0. The van der Waals surface area contributed by atoms with Crippen LogP contribution in [0, 0.1) is 16.0 Å². The number of ketones is 1. The number of carbonyl (C=O) groups is 1. The molecule has 0 radical (unpaired) electrons. The number of nitro benzene ring substituents is 1. The summed E-state index contributed by atoms with van der Waals surface area (Å²) >= 11 is 0. The third kappa shape index (κ3) is 3.37. The van der Waals surface area contributed by atoms with E-state index in [4.69, 9.17) is 4.74 Å². The lowest BCUT2D eigenvalue weighted by atomic mass is 9.96. The summed E-state index contributed by atoms with van der Waals surface area (Å²) in [6.07, 6.45) is 0.864. The molecular weight excluding hydrogens is 308 g/mol. The first-order chi connectivity index (χ1) is 11.5. The lowest BCUT2D eigenvalue weighted by molar-refractivity contribution is -0.384. The van der Waals surface area contributed by atoms with E-state index in [1.165, 1.54) is 13.0 Å². The van der Waals surface area contributed by atoms with Crippen molar-refractivity contribution in [3.8, 4) is 5.75 Å². The number of hydrogen-bond donors (Lipinski definition) is 1. The molecule has 0 saturated carbocycles. The summed E-state index contributed by atoms with van der Waals surface area (Å²) in [5.41, 5.74) is 1.82. The molecule has 1 atom stereocenters. The Bertz CT molecular complexity index is 788. The van der Waals surface area contributed by atoms with Crippen LogP contribution >= 0.6 is 0 Å². The quantitative estimate of drug-likeness (QED) is 0.517. The number of ether oxygens (including phenoxy) is 1. The first-order valence-electron chi connectivity index (χ1n) is 7.78. The molecule has 1 N–H and O–H groups in total. The maximum atomic E-state index is 11.4. The van der Waals surface area contributed by atoms with E-state index in [1.807, 2.05) is 24.3 Å². The smallest absolute Gasteiger partial charge is 0.293 e. The number of nitro groups is 1. The minimum atomic E-state index is -0.471. The second-order valence-electron chi connectivity index (χ2n) is 5.92. The number of Topliss-reactive ketones (excluding diaryl/α,β-unsaturated/α-hetero) is 1. The largest absolute Gasteiger partial charge is 0.493 e. The highest BCUT2D eigenvalue weighted by Gasteiger charge is 2.21. The fourth-order valence-electron chi connectivity index (χ4n) is 2.83. The standard InChI is InChI=1S/C18H18N2O4/c1-12(21)14-6-7-16(17(9-14)20(22)23)19-10-13-8-15-4-2-3-5-18(15)24-11-13/h2-7,9,13,19H,8,10-11H2,1H3. The summed E-state index contributed by atoms with van der Waals surface area (Å²) in [6.45, 7) is 2.53. The zero-order chi connectivity index (χ0) is 17.1. The Labute approximate surface area is 139 Å². The average molecular weight is 326 g/mol. The summed E-state index contributed by atoms with van der Waals surface area (Å²) in [7, 11) is 0. The van der Waals surface area contributed by atoms with Gasteiger partial charge in [-0.15, -0.1) is 0 Å². The van der Waals surface area contributed by atoms with Gasteiger partial charge >= 0.3 is 0 Å². The number of anilines is 1. The molecule has 1 aliphatic rings. The number of nitrogens with one attached hydrogen (secondary N) is 1. The fraction of sp³-hybridized carbons (Fsp3) is 0.278. The molecule has 0 fully saturated rings. The predicted octanol–water partition coefficient (Wildman–Crippen LogP) is 3.46. The Morgan fingerprint density at radius 1 is 1.33 bits per heavy atom. The summed E-state index contributed by atoms with van der Waals surface area (Å²) in [5.74, 6) is 0.944. The number of nitrogens with zero attached hydrogens (tertiary/aromatic N) is 1. The summed E-state index contributed by atoms with van der Waals surface area (Å²) < 4.78 is 5.73. The number of para-hydroxylation sites is 1. The molecule has 0 aliphatic carbocycles. The SMILES string of the molecule is CC(=O)c1ccc(NCC2COc3ccccc3C2)c([N+](=O)[O-])c1. The molecular formula is C18H18N2O4. The molecule has 2 aromatic carbocycles. The average Bonchev–Trinajstić information content (AvgIpc) is 2.59. The van der Waals surface area contributed by atoms with Crippen molar-refractivity contribution in [1.29, 1.82) is 0 Å². The van der Waals surface area contributed by atoms with E-state index in [0.29, 0.717) is 24.4 Å². The molecule has 0 bridgehead atoms. The number of rotatable bonds is 5. The fourth-order valence-corrected chi connectivity index (χ4v) is 2.83. The summed E-state index contributed by atoms with van der Waals surface area (Å²) in [4.78, 5) is 22.2. The Hall–Kier alpha value is -2.89. The van der Waals surface area contributed by atoms with E-state index in [2.05, 4.69) is 5.32 Å². The first-order valence-corrected chi connectivity index (χ1v) is 7.78. The molecule has 124 valence electrons. The first kappa shape index (κ1) is 16.0. The van der Waals surface area contributed by atoms with Gasteiger partial charge in [0.15, 0.2) is 5.78 Å². The molecule has 24 heavy (non-hydrogen) atoms. The molecule has 1 heterocycles. The Morgan fingerprint density at radius 2 is 2.12 bits per heavy atom. The molecule has 2 aromatic rings. The lowest BCUT2D eigenvalue weighted by Crippen LogP contribution is -2.27. The van der Waals surface area contributed by atoms with Crippen molar-refractivity contribution in [3.63, 3.8) is 0 Å². The molecule has 0 saturated heterocycles. The van der Waals surface area contributed by atoms with Gasteiger partial charge in [0, 0.05) is 24.1 Å². The highest BCUT2D eigenvalue weighted by Crippen LogP contribution is 2.29. The second-order valence-corrected chi connectivity index (χ2v) is 5.92. The van der Waals surface area contributed by atoms with Crippen LogP contribution in [0.25, 0.3) is 0 Å². The predicted molar refractivity (Wildman–Crippen MR) is 90.7 cm³/mol. The van der Waals surface area contributed by atoms with Gasteiger partial charge < -0.3 is 10.1 Å². The Morgan fingerprint density at radius 3 is 2.88 bits per heavy atom. The minimum absolute atomic E-state index is 0.0835. The molecule has 6 nitrogen and oxygen atoms in total. The third-order valence-electron chi connectivity index (χ3n) is 4.14. The van der Waals surface area contributed by atoms with E-state index in [9.17, 15) is 14.9 Å². The van der Waals surface area contributed by atoms with Crippen molar-refractivity contribution in [1.82, 2.24) is 0 Å². The zero-order valence-electron chi connectivity index (χ0n) is 13.3. The molecule has 1 unspecified atom stereocenters. The minimum Gasteiger partial charge on any atom is -0.493 e. The van der Waals surface area contributed by atoms with Crippen molar-refractivity contribution in [2.75, 3.05) is 18.5 Å². The third-order valence-corrected chi connectivity index (χ3v) is 4.14. The molecule has 0 spiro atoms. The van der Waals surface area contributed by atoms with Gasteiger partial charge in [-0.05, 0) is 37.1 Å². The number of hydrogen-bond acceptors (Lipinski definition) is 5. The highest BCUT2D eigenvalue weighted by atomic mass is 16.6. The van der Waals surface area contributed by atoms with Crippen molar-refractivity contribution in [3.05, 3.63) is 63.7 Å². The van der Waals surface area contributed by atoms with Crippen LogP contribution in [0.2, 0.25) is 0 Å². The second kappa shape index (κ2) is 6.70. The van der Waals surface area contributed by atoms with Gasteiger partial charge in [0.05, 0.1) is 11.5 Å². The Kier molecular flexibility index (Phi) is 4.46. The number of carbonyl (C=O) groups excluding carboxylic acids is 1. The van der Waals surface area contributed by atoms with Gasteiger partial charge in [0.1, 0.15) is 11.4 Å². The maximum Gasteiger partial charge on any atom is 0.293 e. The van der Waals surface area contributed by atoms with Crippen molar-refractivity contribution < 1.29 is 14.5 Å². The van der Waals surface area contributed by atoms with Crippen LogP contribution in [0.1, 0.15) is 22.8 Å². The highest BCUT2D eigenvalue weighted by molar-refractivity contribution is 5.95. The maximum absolute atomic E-state index is 11.4. The monoisotopic (exact) mass is 326 g/mol. The van der Waals surface area contributed by atoms with Crippen molar-refractivity contribution in [2.24, 2.45) is 5.92 Å². The van der Waals surface area contributed by atoms with Gasteiger partial charge in [0.25, 0.3) is 5.69 Å². The van der Waals surface area contributed by atoms with Crippen LogP contribution in [-0.2, 0) is 6.42 Å². The lowest BCUT2D eigenvalue weighted by Gasteiger charge is -2.25. The molecule has 0 amide bonds. The van der Waals surface area contributed by atoms with Crippen LogP contribution in [-0.4, -0.2) is 23.9 Å². The van der Waals surface area contributed by atoms with Crippen molar-refractivity contribution >= 4 is 17.2 Å². The van der Waals surface area contributed by atoms with Crippen molar-refractivity contribution in [2.45, 2.75) is 13.3 Å². The van der Waals surface area contributed by atoms with E-state index in [0.717, 1.165) is 17.7 Å². The van der Waals surface area contributed by atoms with E-state index in [1.54, 1.807) is 12.1 Å². The van der Waals surface area contributed by atoms with Crippen LogP contribution in [0.3, 0.4) is 0 Å². The Balaban J connectivity index is 1.71. The van der Waals surface area contributed by atoms with Gasteiger partial charge in [-0.3, -0.25) is 14.9 Å². The van der Waals surface area contributed by atoms with E-state index < -0.39 is 4.92 Å². The molecule has 1 aliphatic heterocycles. The number of benzene rings is 2. The van der Waals surface area contributed by atoms with Crippen LogP contribution in [0.15, 0.2) is 42.5 Å². The summed E-state index contributed by atoms with van der Waals surface area (Å²) in [5, 5.41) is 14.4. The van der Waals surface area contributed by atoms with Crippen LogP contribution in [0.5, 0.6) is 5.75 Å². The topological polar surface area (TPSA) is 81.5 Å². The molecule has 6 heteroatoms. The van der Waals surface area contributed by atoms with Crippen LogP contribution < -0.4 is 10.1 Å². The summed E-state index contributed by atoms with van der Waals surface area (Å²) in [6, 6.07) is 12.4. The number of fused-ring (bicyclic) bond motifs is 1. The van der Waals surface area contributed by atoms with Gasteiger partial charge in [-0.25, -0.2) is 0 Å². The van der Waals surface area contributed by atoms with Gasteiger partial charge in [0.2, 0.25) is 0 Å². The van der Waals surface area contributed by atoms with Gasteiger partial charge in [-0.1, -0.05) is 18.2 Å². The van der Waals surface area contributed by atoms with Crippen LogP contribution in [0.4, 0.5) is 11.4 Å².